The maximum absolute atomic E-state index is 13.2. The van der Waals surface area contributed by atoms with Gasteiger partial charge in [0.05, 0.1) is 29.3 Å². The second-order valence-corrected chi connectivity index (χ2v) is 9.16. The Kier molecular flexibility index (Phi) is 5.99. The van der Waals surface area contributed by atoms with E-state index in [2.05, 4.69) is 10.1 Å². The van der Waals surface area contributed by atoms with E-state index in [9.17, 15) is 4.79 Å². The molecule has 1 unspecified atom stereocenters. The van der Waals surface area contributed by atoms with Crippen LogP contribution >= 0.6 is 23.4 Å². The molecule has 1 saturated heterocycles. The van der Waals surface area contributed by atoms with Crippen molar-refractivity contribution in [3.05, 3.63) is 69.2 Å². The van der Waals surface area contributed by atoms with Crippen molar-refractivity contribution in [1.82, 2.24) is 19.7 Å². The fourth-order valence-corrected chi connectivity index (χ4v) is 4.71. The Morgan fingerprint density at radius 2 is 2.03 bits per heavy atom. The van der Waals surface area contributed by atoms with Crippen LogP contribution in [0.5, 0.6) is 0 Å². The number of hydrogen-bond acceptors (Lipinski definition) is 7. The summed E-state index contributed by atoms with van der Waals surface area (Å²) in [5.41, 5.74) is 2.50. The van der Waals surface area contributed by atoms with Gasteiger partial charge >= 0.3 is 0 Å². The van der Waals surface area contributed by atoms with Crippen molar-refractivity contribution >= 4 is 34.3 Å². The second-order valence-electron chi connectivity index (χ2n) is 7.78. The largest absolute Gasteiger partial charge is 0.376 e. The Labute approximate surface area is 193 Å². The number of halogens is 1. The molecule has 1 aliphatic heterocycles. The number of thioether (sulfide) groups is 1. The van der Waals surface area contributed by atoms with E-state index in [1.54, 1.807) is 22.8 Å². The van der Waals surface area contributed by atoms with Crippen LogP contribution in [0, 0.1) is 6.92 Å². The minimum atomic E-state index is -0.0990. The van der Waals surface area contributed by atoms with Crippen molar-refractivity contribution in [2.24, 2.45) is 0 Å². The quantitative estimate of drug-likeness (QED) is 0.294. The summed E-state index contributed by atoms with van der Waals surface area (Å²) < 4.78 is 12.9. The minimum Gasteiger partial charge on any atom is -0.376 e. The van der Waals surface area contributed by atoms with Crippen molar-refractivity contribution in [3.8, 4) is 11.5 Å². The number of ether oxygens (including phenoxy) is 1. The Hall–Kier alpha value is -2.68. The summed E-state index contributed by atoms with van der Waals surface area (Å²) in [5, 5.41) is 5.76. The van der Waals surface area contributed by atoms with Gasteiger partial charge in [-0.25, -0.2) is 4.98 Å². The van der Waals surface area contributed by atoms with Crippen molar-refractivity contribution in [3.63, 3.8) is 0 Å². The number of aryl methyl sites for hydroxylation is 1. The third-order valence-electron chi connectivity index (χ3n) is 5.39. The topological polar surface area (TPSA) is 83.0 Å². The van der Waals surface area contributed by atoms with Crippen LogP contribution in [0.4, 0.5) is 0 Å². The third-order valence-corrected chi connectivity index (χ3v) is 6.60. The Morgan fingerprint density at radius 3 is 2.81 bits per heavy atom. The van der Waals surface area contributed by atoms with Gasteiger partial charge in [-0.3, -0.25) is 9.36 Å². The van der Waals surface area contributed by atoms with Gasteiger partial charge in [-0.1, -0.05) is 46.2 Å². The molecule has 2 aromatic heterocycles. The fourth-order valence-electron chi connectivity index (χ4n) is 3.69. The molecule has 1 fully saturated rings. The summed E-state index contributed by atoms with van der Waals surface area (Å²) in [6.45, 7) is 3.22. The normalized spacial score (nSPS) is 16.1. The standard InChI is InChI=1S/C23H21ClN4O3S/c1-14-4-6-15(7-5-14)21-26-20(27-31-21)13-32-23-25-19-11-16(24)8-9-18(19)22(29)28(23)12-17-3-2-10-30-17/h4-9,11,17H,2-3,10,12-13H2,1H3. The molecule has 3 heterocycles. The number of hydrogen-bond donors (Lipinski definition) is 0. The lowest BCUT2D eigenvalue weighted by Crippen LogP contribution is -2.28. The highest BCUT2D eigenvalue weighted by atomic mass is 35.5. The zero-order valence-corrected chi connectivity index (χ0v) is 19.0. The summed E-state index contributed by atoms with van der Waals surface area (Å²) in [6, 6.07) is 13.1. The van der Waals surface area contributed by atoms with E-state index < -0.39 is 0 Å². The van der Waals surface area contributed by atoms with Gasteiger partial charge in [0, 0.05) is 17.2 Å². The third kappa shape index (κ3) is 4.44. The van der Waals surface area contributed by atoms with Gasteiger partial charge in [0.25, 0.3) is 11.4 Å². The van der Waals surface area contributed by atoms with E-state index in [1.807, 2.05) is 31.2 Å². The SMILES string of the molecule is Cc1ccc(-c2nc(CSc3nc4cc(Cl)ccc4c(=O)n3CC3CCCO3)no2)cc1. The summed E-state index contributed by atoms with van der Waals surface area (Å²) >= 11 is 7.53. The van der Waals surface area contributed by atoms with Crippen molar-refractivity contribution in [2.45, 2.75) is 43.3 Å². The van der Waals surface area contributed by atoms with Crippen LogP contribution in [0.1, 0.15) is 24.2 Å². The van der Waals surface area contributed by atoms with Crippen LogP contribution in [-0.4, -0.2) is 32.4 Å². The molecule has 164 valence electrons. The van der Waals surface area contributed by atoms with Gasteiger partial charge in [0.1, 0.15) is 0 Å². The van der Waals surface area contributed by atoms with Crippen LogP contribution in [-0.2, 0) is 17.0 Å². The van der Waals surface area contributed by atoms with Gasteiger partial charge in [-0.05, 0) is 50.1 Å². The fraction of sp³-hybridized carbons (Fsp3) is 0.304. The number of nitrogens with zero attached hydrogens (tertiary/aromatic N) is 4. The molecule has 0 saturated carbocycles. The van der Waals surface area contributed by atoms with Crippen molar-refractivity contribution in [2.75, 3.05) is 6.61 Å². The molecular weight excluding hydrogens is 448 g/mol. The zero-order chi connectivity index (χ0) is 22.1. The molecular formula is C23H21ClN4O3S. The van der Waals surface area contributed by atoms with Crippen LogP contribution in [0.25, 0.3) is 22.4 Å². The predicted molar refractivity (Wildman–Crippen MR) is 124 cm³/mol. The number of benzene rings is 2. The number of aromatic nitrogens is 4. The molecule has 9 heteroatoms. The molecule has 0 bridgehead atoms. The van der Waals surface area contributed by atoms with Crippen LogP contribution < -0.4 is 5.56 Å². The van der Waals surface area contributed by atoms with Gasteiger partial charge in [0.2, 0.25) is 0 Å². The molecule has 0 N–H and O–H groups in total. The Bertz CT molecular complexity index is 1310. The van der Waals surface area contributed by atoms with E-state index in [0.717, 1.165) is 30.6 Å². The summed E-state index contributed by atoms with van der Waals surface area (Å²) in [5.74, 6) is 1.42. The second kappa shape index (κ2) is 9.05. The van der Waals surface area contributed by atoms with E-state index >= 15 is 0 Å². The number of fused-ring (bicyclic) bond motifs is 1. The molecule has 0 aliphatic carbocycles. The summed E-state index contributed by atoms with van der Waals surface area (Å²) in [4.78, 5) is 22.5. The van der Waals surface area contributed by atoms with Gasteiger partial charge in [0.15, 0.2) is 11.0 Å². The lowest BCUT2D eigenvalue weighted by atomic mass is 10.1. The van der Waals surface area contributed by atoms with E-state index in [-0.39, 0.29) is 11.7 Å². The van der Waals surface area contributed by atoms with Crippen LogP contribution in [0.2, 0.25) is 5.02 Å². The van der Waals surface area contributed by atoms with Crippen LogP contribution in [0.15, 0.2) is 56.9 Å². The van der Waals surface area contributed by atoms with E-state index in [4.69, 9.17) is 25.8 Å². The highest BCUT2D eigenvalue weighted by Gasteiger charge is 2.21. The first-order valence-corrected chi connectivity index (χ1v) is 11.8. The number of rotatable bonds is 6. The first-order valence-electron chi connectivity index (χ1n) is 10.4. The maximum atomic E-state index is 13.2. The molecule has 1 atom stereocenters. The highest BCUT2D eigenvalue weighted by molar-refractivity contribution is 7.98. The lowest BCUT2D eigenvalue weighted by Gasteiger charge is -2.16. The van der Waals surface area contributed by atoms with Crippen molar-refractivity contribution in [1.29, 1.82) is 0 Å². The summed E-state index contributed by atoms with van der Waals surface area (Å²) in [7, 11) is 0. The van der Waals surface area contributed by atoms with Crippen molar-refractivity contribution < 1.29 is 9.26 Å². The average molecular weight is 469 g/mol. The van der Waals surface area contributed by atoms with Crippen LogP contribution in [0.3, 0.4) is 0 Å². The molecule has 0 spiro atoms. The molecule has 0 radical (unpaired) electrons. The molecule has 1 aliphatic rings. The minimum absolute atomic E-state index is 0.0110. The van der Waals surface area contributed by atoms with Gasteiger partial charge in [-0.15, -0.1) is 0 Å². The predicted octanol–water partition coefficient (Wildman–Crippen LogP) is 4.88. The molecule has 2 aromatic carbocycles. The lowest BCUT2D eigenvalue weighted by molar-refractivity contribution is 0.0937. The molecule has 4 aromatic rings. The Balaban J connectivity index is 1.43. The molecule has 7 nitrogen and oxygen atoms in total. The average Bonchev–Trinajstić information content (AvgIpc) is 3.47. The molecule has 32 heavy (non-hydrogen) atoms. The first kappa shape index (κ1) is 21.2. The van der Waals surface area contributed by atoms with E-state index in [0.29, 0.717) is 45.1 Å². The summed E-state index contributed by atoms with van der Waals surface area (Å²) in [6.07, 6.45) is 1.94. The Morgan fingerprint density at radius 1 is 1.19 bits per heavy atom. The monoisotopic (exact) mass is 468 g/mol. The highest BCUT2D eigenvalue weighted by Crippen LogP contribution is 2.26. The first-order chi connectivity index (χ1) is 15.6. The maximum Gasteiger partial charge on any atom is 0.262 e. The smallest absolute Gasteiger partial charge is 0.262 e. The van der Waals surface area contributed by atoms with Gasteiger partial charge < -0.3 is 9.26 Å². The van der Waals surface area contributed by atoms with E-state index in [1.165, 1.54) is 11.8 Å². The van der Waals surface area contributed by atoms with Gasteiger partial charge in [-0.2, -0.15) is 4.98 Å². The zero-order valence-electron chi connectivity index (χ0n) is 17.5. The molecule has 5 rings (SSSR count). The molecule has 0 amide bonds.